The molecule has 0 bridgehead atoms. The van der Waals surface area contributed by atoms with Gasteiger partial charge in [-0.2, -0.15) is 5.10 Å². The maximum Gasteiger partial charge on any atom is 0.324 e. The van der Waals surface area contributed by atoms with Crippen LogP contribution in [0.3, 0.4) is 0 Å². The summed E-state index contributed by atoms with van der Waals surface area (Å²) in [6.07, 6.45) is 4.57. The van der Waals surface area contributed by atoms with Gasteiger partial charge in [0.2, 0.25) is 0 Å². The molecule has 9 nitrogen and oxygen atoms in total. The minimum atomic E-state index is -0.642. The zero-order chi connectivity index (χ0) is 23.6. The Morgan fingerprint density at radius 3 is 2.58 bits per heavy atom. The summed E-state index contributed by atoms with van der Waals surface area (Å²) in [5, 5.41) is 13.2. The van der Waals surface area contributed by atoms with Crippen molar-refractivity contribution in [1.82, 2.24) is 19.9 Å². The second-order valence-electron chi connectivity index (χ2n) is 8.40. The maximum absolute atomic E-state index is 14.6. The van der Waals surface area contributed by atoms with Gasteiger partial charge in [-0.1, -0.05) is 25.9 Å². The van der Waals surface area contributed by atoms with Crippen molar-refractivity contribution >= 4 is 17.5 Å². The largest absolute Gasteiger partial charge is 0.457 e. The minimum absolute atomic E-state index is 0.0120. The van der Waals surface area contributed by atoms with Gasteiger partial charge >= 0.3 is 6.03 Å². The van der Waals surface area contributed by atoms with E-state index in [1.807, 2.05) is 20.8 Å². The summed E-state index contributed by atoms with van der Waals surface area (Å²) in [6.45, 7) is 6.08. The van der Waals surface area contributed by atoms with Gasteiger partial charge < -0.3 is 14.6 Å². The number of nitrogens with zero attached hydrogens (tertiary/aromatic N) is 4. The van der Waals surface area contributed by atoms with E-state index in [9.17, 15) is 9.18 Å². The van der Waals surface area contributed by atoms with Crippen molar-refractivity contribution in [2.75, 3.05) is 10.6 Å². The number of amides is 2. The highest BCUT2D eigenvalue weighted by Crippen LogP contribution is 2.28. The molecule has 0 fully saturated rings. The highest BCUT2D eigenvalue weighted by molar-refractivity contribution is 5.99. The van der Waals surface area contributed by atoms with Crippen molar-refractivity contribution in [3.05, 3.63) is 66.6 Å². The number of benzene rings is 1. The molecule has 3 aromatic heterocycles. The summed E-state index contributed by atoms with van der Waals surface area (Å²) in [7, 11) is 1.73. The molecule has 33 heavy (non-hydrogen) atoms. The van der Waals surface area contributed by atoms with E-state index in [1.54, 1.807) is 42.2 Å². The van der Waals surface area contributed by atoms with Crippen LogP contribution in [-0.2, 0) is 12.5 Å². The second-order valence-corrected chi connectivity index (χ2v) is 8.40. The Labute approximate surface area is 189 Å². The Morgan fingerprint density at radius 2 is 1.91 bits per heavy atom. The molecule has 4 rings (SSSR count). The monoisotopic (exact) mass is 450 g/mol. The molecule has 2 N–H and O–H groups in total. The molecule has 0 saturated carbocycles. The first-order valence-corrected chi connectivity index (χ1v) is 10.1. The third kappa shape index (κ3) is 5.17. The predicted molar refractivity (Wildman–Crippen MR) is 121 cm³/mol. The van der Waals surface area contributed by atoms with Crippen molar-refractivity contribution < 1.29 is 18.4 Å². The van der Waals surface area contributed by atoms with Crippen LogP contribution in [0.1, 0.15) is 26.5 Å². The quantitative estimate of drug-likeness (QED) is 0.425. The number of ether oxygens (including phenoxy) is 1. The number of aryl methyl sites for hydroxylation is 1. The molecule has 2 amide bonds. The number of halogens is 1. The van der Waals surface area contributed by atoms with Gasteiger partial charge in [-0.25, -0.2) is 9.18 Å². The molecule has 0 aliphatic carbocycles. The Morgan fingerprint density at radius 1 is 1.12 bits per heavy atom. The molecule has 0 saturated heterocycles. The first kappa shape index (κ1) is 22.0. The van der Waals surface area contributed by atoms with E-state index in [4.69, 9.17) is 9.26 Å². The van der Waals surface area contributed by atoms with Gasteiger partial charge in [0.05, 0.1) is 28.8 Å². The Balaban J connectivity index is 1.42. The molecule has 1 aromatic carbocycles. The summed E-state index contributed by atoms with van der Waals surface area (Å²) in [5.41, 5.74) is 1.98. The lowest BCUT2D eigenvalue weighted by Gasteiger charge is -2.13. The van der Waals surface area contributed by atoms with Crippen LogP contribution < -0.4 is 15.4 Å². The number of carbonyl (C=O) groups is 1. The number of nitrogens with one attached hydrogen (secondary N) is 2. The van der Waals surface area contributed by atoms with Crippen molar-refractivity contribution in [3.63, 3.8) is 0 Å². The topological polar surface area (TPSA) is 107 Å². The third-order valence-electron chi connectivity index (χ3n) is 4.77. The van der Waals surface area contributed by atoms with Crippen molar-refractivity contribution in [3.8, 4) is 22.8 Å². The molecule has 0 unspecified atom stereocenters. The Hall–Kier alpha value is -4.21. The van der Waals surface area contributed by atoms with Crippen molar-refractivity contribution in [2.45, 2.75) is 26.2 Å². The van der Waals surface area contributed by atoms with Crippen LogP contribution in [0, 0.1) is 5.82 Å². The lowest BCUT2D eigenvalue weighted by atomic mass is 9.92. The van der Waals surface area contributed by atoms with Gasteiger partial charge in [-0.05, 0) is 18.2 Å². The van der Waals surface area contributed by atoms with E-state index in [0.29, 0.717) is 22.8 Å². The Kier molecular flexibility index (Phi) is 5.82. The van der Waals surface area contributed by atoms with Crippen LogP contribution >= 0.6 is 0 Å². The second kappa shape index (κ2) is 8.73. The van der Waals surface area contributed by atoms with E-state index in [0.717, 1.165) is 5.69 Å². The number of pyridine rings is 1. The fourth-order valence-corrected chi connectivity index (χ4v) is 2.98. The van der Waals surface area contributed by atoms with E-state index in [1.165, 1.54) is 24.6 Å². The molecule has 10 heteroatoms. The molecule has 3 heterocycles. The molecule has 0 atom stereocenters. The molecule has 0 aliphatic rings. The summed E-state index contributed by atoms with van der Waals surface area (Å²) in [5.74, 6) is 0.586. The summed E-state index contributed by atoms with van der Waals surface area (Å²) < 4.78 is 26.7. The number of rotatable bonds is 5. The standard InChI is InChI=1S/C23H23FN6O3/c1-23(2,3)20-11-21(30(4)29-20)28-22(31)27-18-6-5-15(9-17(18)24)33-16-7-8-25-19(10-16)14-12-26-32-13-14/h5-13H,1-4H3,(H2,27,28,31). The Bertz CT molecular complexity index is 1280. The number of urea groups is 1. The number of aromatic nitrogens is 4. The normalized spacial score (nSPS) is 11.3. The average molecular weight is 450 g/mol. The van der Waals surface area contributed by atoms with Gasteiger partial charge in [0.1, 0.15) is 29.4 Å². The first-order valence-electron chi connectivity index (χ1n) is 10.1. The molecule has 170 valence electrons. The van der Waals surface area contributed by atoms with E-state index >= 15 is 0 Å². The molecule has 0 aliphatic heterocycles. The highest BCUT2D eigenvalue weighted by Gasteiger charge is 2.20. The lowest BCUT2D eigenvalue weighted by Crippen LogP contribution is -2.21. The molecule has 0 spiro atoms. The van der Waals surface area contributed by atoms with Gasteiger partial charge in [-0.15, -0.1) is 0 Å². The summed E-state index contributed by atoms with van der Waals surface area (Å²) in [4.78, 5) is 16.6. The minimum Gasteiger partial charge on any atom is -0.457 e. The zero-order valence-corrected chi connectivity index (χ0v) is 18.6. The fraction of sp³-hybridized carbons (Fsp3) is 0.217. The van der Waals surface area contributed by atoms with E-state index < -0.39 is 11.8 Å². The van der Waals surface area contributed by atoms with Crippen molar-refractivity contribution in [1.29, 1.82) is 0 Å². The van der Waals surface area contributed by atoms with Gasteiger partial charge in [0, 0.05) is 36.9 Å². The van der Waals surface area contributed by atoms with E-state index in [-0.39, 0.29) is 16.9 Å². The SMILES string of the molecule is Cn1nc(C(C)(C)C)cc1NC(=O)Nc1ccc(Oc2ccnc(-c3cnoc3)c2)cc1F. The van der Waals surface area contributed by atoms with Crippen LogP contribution in [0.25, 0.3) is 11.3 Å². The third-order valence-corrected chi connectivity index (χ3v) is 4.77. The first-order chi connectivity index (χ1) is 15.7. The number of hydrogen-bond donors (Lipinski definition) is 2. The zero-order valence-electron chi connectivity index (χ0n) is 18.6. The van der Waals surface area contributed by atoms with E-state index in [2.05, 4.69) is 25.9 Å². The molecular weight excluding hydrogens is 427 g/mol. The lowest BCUT2D eigenvalue weighted by molar-refractivity contribution is 0.262. The summed E-state index contributed by atoms with van der Waals surface area (Å²) >= 11 is 0. The van der Waals surface area contributed by atoms with Crippen LogP contribution in [0.15, 0.2) is 59.6 Å². The summed E-state index contributed by atoms with van der Waals surface area (Å²) in [6, 6.07) is 8.71. The fourth-order valence-electron chi connectivity index (χ4n) is 2.98. The molecule has 4 aromatic rings. The number of anilines is 2. The predicted octanol–water partition coefficient (Wildman–Crippen LogP) is 5.34. The molecule has 0 radical (unpaired) electrons. The number of hydrogen-bond acceptors (Lipinski definition) is 6. The van der Waals surface area contributed by atoms with Crippen LogP contribution in [0.4, 0.5) is 20.7 Å². The van der Waals surface area contributed by atoms with Crippen molar-refractivity contribution in [2.24, 2.45) is 7.05 Å². The molecular formula is C23H23FN6O3. The average Bonchev–Trinajstić information content (AvgIpc) is 3.41. The maximum atomic E-state index is 14.6. The van der Waals surface area contributed by atoms with Crippen LogP contribution in [0.2, 0.25) is 0 Å². The van der Waals surface area contributed by atoms with Gasteiger partial charge in [-0.3, -0.25) is 15.0 Å². The highest BCUT2D eigenvalue weighted by atomic mass is 19.1. The van der Waals surface area contributed by atoms with Crippen LogP contribution in [0.5, 0.6) is 11.5 Å². The van der Waals surface area contributed by atoms with Gasteiger partial charge in [0.25, 0.3) is 0 Å². The smallest absolute Gasteiger partial charge is 0.324 e. The van der Waals surface area contributed by atoms with Crippen LogP contribution in [-0.4, -0.2) is 26.0 Å². The number of carbonyl (C=O) groups excluding carboxylic acids is 1. The van der Waals surface area contributed by atoms with Gasteiger partial charge in [0.15, 0.2) is 0 Å².